The molecule has 10 heavy (non-hydrogen) atoms. The fourth-order valence-corrected chi connectivity index (χ4v) is 0.671. The number of carboxylic acid groups (broad SMARTS) is 1. The Morgan fingerprint density at radius 3 is 2.40 bits per heavy atom. The van der Waals surface area contributed by atoms with Crippen molar-refractivity contribution in [2.75, 3.05) is 11.7 Å². The van der Waals surface area contributed by atoms with Crippen molar-refractivity contribution in [3.8, 4) is 0 Å². The van der Waals surface area contributed by atoms with E-state index in [0.29, 0.717) is 0 Å². The van der Waals surface area contributed by atoms with Crippen molar-refractivity contribution in [2.24, 2.45) is 0 Å². The molecule has 0 radical (unpaired) electrons. The van der Waals surface area contributed by atoms with Gasteiger partial charge in [-0.1, -0.05) is 6.92 Å². The monoisotopic (exact) mass is 168 g/mol. The van der Waals surface area contributed by atoms with Crippen molar-refractivity contribution in [1.29, 1.82) is 0 Å². The summed E-state index contributed by atoms with van der Waals surface area (Å²) in [5, 5.41) is 7.89. The molecule has 0 aromatic heterocycles. The number of ether oxygens (including phenoxy) is 1. The van der Waals surface area contributed by atoms with Crippen LogP contribution in [0, 0.1) is 0 Å². The molecule has 0 unspecified atom stereocenters. The molecule has 0 fully saturated rings. The zero-order valence-electron chi connectivity index (χ0n) is 5.40. The van der Waals surface area contributed by atoms with Gasteiger partial charge in [-0.05, 0) is 0 Å². The van der Waals surface area contributed by atoms with Crippen LogP contribution in [0.1, 0.15) is 6.92 Å². The van der Waals surface area contributed by atoms with Crippen LogP contribution >= 0.6 is 0 Å². The summed E-state index contributed by atoms with van der Waals surface area (Å²) in [6.07, 6.45) is -1.57. The topological polar surface area (TPSA) is 80.7 Å². The first-order chi connectivity index (χ1) is 4.48. The molecule has 0 heterocycles. The van der Waals surface area contributed by atoms with Gasteiger partial charge >= 0.3 is 6.16 Å². The molecular weight excluding hydrogens is 160 g/mol. The van der Waals surface area contributed by atoms with Crippen molar-refractivity contribution >= 4 is 16.0 Å². The predicted octanol–water partition coefficient (Wildman–Crippen LogP) is 0.0732. The van der Waals surface area contributed by atoms with E-state index in [0.717, 1.165) is 0 Å². The second-order valence-electron chi connectivity index (χ2n) is 1.56. The van der Waals surface area contributed by atoms with Gasteiger partial charge in [0.05, 0.1) is 5.75 Å². The fourth-order valence-electron chi connectivity index (χ4n) is 0.224. The van der Waals surface area contributed by atoms with E-state index in [1.807, 2.05) is 0 Å². The highest BCUT2D eigenvalue weighted by molar-refractivity contribution is 7.91. The minimum atomic E-state index is -3.32. The van der Waals surface area contributed by atoms with Crippen LogP contribution in [-0.4, -0.2) is 31.4 Å². The lowest BCUT2D eigenvalue weighted by molar-refractivity contribution is 0.107. The Morgan fingerprint density at radius 2 is 2.10 bits per heavy atom. The van der Waals surface area contributed by atoms with Crippen LogP contribution in [0.25, 0.3) is 0 Å². The summed E-state index contributed by atoms with van der Waals surface area (Å²) in [7, 11) is -3.32. The lowest BCUT2D eigenvalue weighted by Gasteiger charge is -1.98. The van der Waals surface area contributed by atoms with E-state index in [1.165, 1.54) is 6.92 Å². The summed E-state index contributed by atoms with van der Waals surface area (Å²) in [6, 6.07) is 0. The third-order valence-corrected chi connectivity index (χ3v) is 2.16. The lowest BCUT2D eigenvalue weighted by atomic mass is 11.0. The first-order valence-electron chi connectivity index (χ1n) is 2.54. The largest absolute Gasteiger partial charge is 0.506 e. The van der Waals surface area contributed by atoms with E-state index >= 15 is 0 Å². The molecule has 0 saturated heterocycles. The average Bonchev–Trinajstić information content (AvgIpc) is 1.85. The average molecular weight is 168 g/mol. The molecule has 0 rings (SSSR count). The number of carbonyl (C=O) groups is 1. The van der Waals surface area contributed by atoms with Gasteiger partial charge in [0.15, 0.2) is 15.8 Å². The van der Waals surface area contributed by atoms with Crippen molar-refractivity contribution in [1.82, 2.24) is 0 Å². The Bertz CT molecular complexity index is 204. The smallest absolute Gasteiger partial charge is 0.450 e. The highest BCUT2D eigenvalue weighted by Gasteiger charge is 2.09. The molecule has 1 N–H and O–H groups in total. The molecule has 0 amide bonds. The van der Waals surface area contributed by atoms with E-state index in [2.05, 4.69) is 4.74 Å². The van der Waals surface area contributed by atoms with Gasteiger partial charge in [0.25, 0.3) is 0 Å². The third-order valence-electron chi connectivity index (χ3n) is 0.802. The maximum absolute atomic E-state index is 10.5. The van der Waals surface area contributed by atoms with Gasteiger partial charge in [-0.15, -0.1) is 0 Å². The van der Waals surface area contributed by atoms with Crippen molar-refractivity contribution in [3.05, 3.63) is 0 Å². The first-order valence-corrected chi connectivity index (χ1v) is 4.36. The SMILES string of the molecule is CCS(=O)(=O)COC(=O)O. The van der Waals surface area contributed by atoms with Gasteiger partial charge in [0.1, 0.15) is 0 Å². The third kappa shape index (κ3) is 4.13. The van der Waals surface area contributed by atoms with E-state index in [-0.39, 0.29) is 5.75 Å². The highest BCUT2D eigenvalue weighted by Crippen LogP contribution is 1.89. The van der Waals surface area contributed by atoms with Crippen molar-refractivity contribution < 1.29 is 23.1 Å². The maximum Gasteiger partial charge on any atom is 0.506 e. The second-order valence-corrected chi connectivity index (χ2v) is 3.86. The molecule has 0 saturated carbocycles. The van der Waals surface area contributed by atoms with Crippen LogP contribution in [0.3, 0.4) is 0 Å². The Balaban J connectivity index is 3.81. The van der Waals surface area contributed by atoms with Gasteiger partial charge in [-0.2, -0.15) is 0 Å². The minimum absolute atomic E-state index is 0.111. The molecule has 0 aromatic rings. The molecule has 0 aliphatic heterocycles. The van der Waals surface area contributed by atoms with Crippen LogP contribution in [0.5, 0.6) is 0 Å². The Kier molecular flexibility index (Phi) is 3.14. The molecule has 5 nitrogen and oxygen atoms in total. The molecule has 0 aliphatic rings. The number of hydrogen-bond donors (Lipinski definition) is 1. The minimum Gasteiger partial charge on any atom is -0.450 e. The molecule has 0 atom stereocenters. The zero-order valence-corrected chi connectivity index (χ0v) is 6.22. The molecule has 6 heteroatoms. The van der Waals surface area contributed by atoms with Gasteiger partial charge < -0.3 is 9.84 Å². The Morgan fingerprint density at radius 1 is 1.60 bits per heavy atom. The first kappa shape index (κ1) is 9.22. The van der Waals surface area contributed by atoms with Crippen molar-refractivity contribution in [2.45, 2.75) is 6.92 Å². The van der Waals surface area contributed by atoms with Crippen LogP contribution in [0.4, 0.5) is 4.79 Å². The summed E-state index contributed by atoms with van der Waals surface area (Å²) < 4.78 is 24.9. The number of hydrogen-bond acceptors (Lipinski definition) is 4. The van der Waals surface area contributed by atoms with Crippen LogP contribution in [0.2, 0.25) is 0 Å². The molecule has 0 aliphatic carbocycles. The Hall–Kier alpha value is -0.780. The molecule has 0 aromatic carbocycles. The Labute approximate surface area is 58.5 Å². The van der Waals surface area contributed by atoms with E-state index in [9.17, 15) is 13.2 Å². The number of sulfone groups is 1. The van der Waals surface area contributed by atoms with Gasteiger partial charge in [-0.25, -0.2) is 13.2 Å². The lowest BCUT2D eigenvalue weighted by Crippen LogP contribution is -2.14. The standard InChI is InChI=1S/C4H8O5S/c1-2-10(7,8)3-9-4(5)6/h2-3H2,1H3,(H,5,6). The molecule has 0 bridgehead atoms. The van der Waals surface area contributed by atoms with Crippen molar-refractivity contribution in [3.63, 3.8) is 0 Å². The zero-order chi connectivity index (χ0) is 8.20. The summed E-state index contributed by atoms with van der Waals surface area (Å²) in [5.74, 6) is -0.862. The normalized spacial score (nSPS) is 10.9. The summed E-state index contributed by atoms with van der Waals surface area (Å²) in [5.41, 5.74) is 0. The fraction of sp³-hybridized carbons (Fsp3) is 0.750. The van der Waals surface area contributed by atoms with Gasteiger partial charge in [0.2, 0.25) is 0 Å². The number of rotatable bonds is 3. The predicted molar refractivity (Wildman–Crippen MR) is 33.4 cm³/mol. The van der Waals surface area contributed by atoms with E-state index in [1.54, 1.807) is 0 Å². The van der Waals surface area contributed by atoms with Crippen LogP contribution in [-0.2, 0) is 14.6 Å². The summed E-state index contributed by atoms with van der Waals surface area (Å²) in [6.45, 7) is 1.42. The highest BCUT2D eigenvalue weighted by atomic mass is 32.2. The van der Waals surface area contributed by atoms with Gasteiger partial charge in [0, 0.05) is 0 Å². The summed E-state index contributed by atoms with van der Waals surface area (Å²) in [4.78, 5) is 9.68. The summed E-state index contributed by atoms with van der Waals surface area (Å²) >= 11 is 0. The molecular formula is C4H8O5S. The van der Waals surface area contributed by atoms with E-state index < -0.39 is 21.9 Å². The van der Waals surface area contributed by atoms with E-state index in [4.69, 9.17) is 5.11 Å². The maximum atomic E-state index is 10.5. The molecule has 60 valence electrons. The quantitative estimate of drug-likeness (QED) is 0.603. The van der Waals surface area contributed by atoms with Gasteiger partial charge in [-0.3, -0.25) is 0 Å². The van der Waals surface area contributed by atoms with Crippen LogP contribution < -0.4 is 0 Å². The second kappa shape index (κ2) is 3.40. The van der Waals surface area contributed by atoms with Crippen LogP contribution in [0.15, 0.2) is 0 Å². The molecule has 0 spiro atoms.